The molecular weight excluding hydrogens is 479 g/mol. The number of hydrogen-bond donors (Lipinski definition) is 2. The molecule has 1 heterocycles. The van der Waals surface area contributed by atoms with Gasteiger partial charge < -0.3 is 26.9 Å². The van der Waals surface area contributed by atoms with Crippen LogP contribution in [0.4, 0.5) is 10.5 Å². The van der Waals surface area contributed by atoms with Gasteiger partial charge in [-0.3, -0.25) is 22.0 Å². The van der Waals surface area contributed by atoms with Gasteiger partial charge in [0.15, 0.2) is 0 Å². The number of nitro groups is 1. The van der Waals surface area contributed by atoms with Crippen molar-refractivity contribution in [3.8, 4) is 6.07 Å². The Bertz CT molecular complexity index is 1010. The summed E-state index contributed by atoms with van der Waals surface area (Å²) in [6.07, 6.45) is 0.770. The Labute approximate surface area is 205 Å². The molecule has 1 aromatic heterocycles. The molecule has 31 heavy (non-hydrogen) atoms. The number of carbonyl (C=O) groups excluding carboxylic acids is 2. The third-order valence-corrected chi connectivity index (χ3v) is 4.18. The van der Waals surface area contributed by atoms with Crippen LogP contribution in [0.15, 0.2) is 24.4 Å². The van der Waals surface area contributed by atoms with E-state index in [4.69, 9.17) is 10.00 Å². The second-order valence-electron chi connectivity index (χ2n) is 7.66. The fraction of sp³-hybridized carbons (Fsp3) is 0.350. The summed E-state index contributed by atoms with van der Waals surface area (Å²) in [5, 5.41) is 23.2. The molecule has 11 heteroatoms. The Balaban J connectivity index is 0.00000480. The average molecular weight is 502 g/mol. The molecule has 0 aliphatic rings. The van der Waals surface area contributed by atoms with Crippen LogP contribution in [0.5, 0.6) is 0 Å². The zero-order valence-electron chi connectivity index (χ0n) is 17.5. The van der Waals surface area contributed by atoms with E-state index in [0.29, 0.717) is 16.5 Å². The Morgan fingerprint density at radius 1 is 1.42 bits per heavy atom. The predicted molar refractivity (Wildman–Crippen MR) is 109 cm³/mol. The summed E-state index contributed by atoms with van der Waals surface area (Å²) in [5.74, 6) is -0.651. The number of non-ortho nitro benzene ring substituents is 1. The number of aromatic amines is 1. The summed E-state index contributed by atoms with van der Waals surface area (Å²) in [4.78, 5) is 39.6. The number of nitrogens with zero attached hydrogens (tertiary/aromatic N) is 3. The first kappa shape index (κ1) is 26.5. The van der Waals surface area contributed by atoms with Gasteiger partial charge >= 0.3 is 6.09 Å². The molecule has 0 bridgehead atoms. The van der Waals surface area contributed by atoms with E-state index in [1.165, 1.54) is 12.1 Å². The SMILES string of the molecule is [CH2-]C(C#N)N([CH2-])C(=O)C(Cc1c[nH]c2ccc([N+](=O)[O-])cc12)NC(=O)OC(C)(C)C.[Y]. The number of hydrogen-bond acceptors (Lipinski definition) is 6. The molecule has 2 amide bonds. The van der Waals surface area contributed by atoms with E-state index >= 15 is 0 Å². The molecule has 0 saturated heterocycles. The minimum Gasteiger partial charge on any atom is -0.505 e. The monoisotopic (exact) mass is 502 g/mol. The van der Waals surface area contributed by atoms with Crippen molar-refractivity contribution in [2.75, 3.05) is 0 Å². The molecule has 2 rings (SSSR count). The molecule has 163 valence electrons. The van der Waals surface area contributed by atoms with Crippen LogP contribution in [0, 0.1) is 35.4 Å². The molecule has 1 radical (unpaired) electrons. The van der Waals surface area contributed by atoms with E-state index in [9.17, 15) is 19.7 Å². The maximum atomic E-state index is 12.9. The van der Waals surface area contributed by atoms with Gasteiger partial charge in [0.05, 0.1) is 11.0 Å². The molecule has 2 N–H and O–H groups in total. The van der Waals surface area contributed by atoms with Crippen LogP contribution in [0.2, 0.25) is 0 Å². The number of carbonyl (C=O) groups is 2. The van der Waals surface area contributed by atoms with E-state index in [-0.39, 0.29) is 44.8 Å². The van der Waals surface area contributed by atoms with Gasteiger partial charge in [0.25, 0.3) is 5.69 Å². The minimum absolute atomic E-state index is 0. The number of nitriles is 1. The van der Waals surface area contributed by atoms with Crippen molar-refractivity contribution < 1.29 is 52.0 Å². The molecule has 1 aromatic carbocycles. The third-order valence-electron chi connectivity index (χ3n) is 4.18. The number of nitro benzene ring substituents is 1. The number of aromatic nitrogens is 1. The third kappa shape index (κ3) is 7.01. The Morgan fingerprint density at radius 2 is 2.06 bits per heavy atom. The maximum absolute atomic E-state index is 12.9. The number of H-pyrrole nitrogens is 1. The molecule has 2 unspecified atom stereocenters. The van der Waals surface area contributed by atoms with Gasteiger partial charge in [-0.15, -0.1) is 0 Å². The molecule has 0 spiro atoms. The molecule has 2 atom stereocenters. The van der Waals surface area contributed by atoms with Crippen molar-refractivity contribution in [3.63, 3.8) is 0 Å². The molecule has 10 nitrogen and oxygen atoms in total. The minimum atomic E-state index is -1.13. The Hall–Kier alpha value is -2.51. The van der Waals surface area contributed by atoms with Crippen molar-refractivity contribution in [2.24, 2.45) is 0 Å². The number of rotatable bonds is 6. The number of fused-ring (bicyclic) bond motifs is 1. The van der Waals surface area contributed by atoms with Gasteiger partial charge in [0.1, 0.15) is 11.6 Å². The fourth-order valence-corrected chi connectivity index (χ4v) is 2.74. The molecule has 0 saturated carbocycles. The zero-order chi connectivity index (χ0) is 22.6. The summed E-state index contributed by atoms with van der Waals surface area (Å²) in [5.41, 5.74) is 0.309. The topological polar surface area (TPSA) is 141 Å². The molecule has 0 fully saturated rings. The van der Waals surface area contributed by atoms with Crippen LogP contribution < -0.4 is 5.32 Å². The standard InChI is InChI=1S/C20H23N5O5.Y/c1-12(10-21)24(5)18(26)17(23-19(27)30-20(2,3)4)8-13-11-22-16-7-6-14(25(28)29)9-15(13)16;/h6-7,9,11-12,17,22H,1,5,8H2,2-4H3,(H,23,27);/q-2;. The van der Waals surface area contributed by atoms with Gasteiger partial charge in [-0.2, -0.15) is 5.26 Å². The molecular formula is C20H23N5O5Y-2. The molecule has 2 aromatic rings. The predicted octanol–water partition coefficient (Wildman–Crippen LogP) is 2.86. The Morgan fingerprint density at radius 3 is 2.61 bits per heavy atom. The van der Waals surface area contributed by atoms with Crippen LogP contribution in [-0.4, -0.2) is 44.5 Å². The summed E-state index contributed by atoms with van der Waals surface area (Å²) >= 11 is 0. The number of amides is 2. The fourth-order valence-electron chi connectivity index (χ4n) is 2.74. The van der Waals surface area contributed by atoms with Crippen molar-refractivity contribution in [2.45, 2.75) is 44.9 Å². The van der Waals surface area contributed by atoms with Gasteiger partial charge in [-0.25, -0.2) is 4.79 Å². The van der Waals surface area contributed by atoms with Crippen molar-refractivity contribution in [1.82, 2.24) is 15.2 Å². The van der Waals surface area contributed by atoms with Crippen LogP contribution in [-0.2, 0) is 48.7 Å². The summed E-state index contributed by atoms with van der Waals surface area (Å²) in [6.45, 7) is 8.57. The van der Waals surface area contributed by atoms with Crippen molar-refractivity contribution >= 4 is 28.6 Å². The van der Waals surface area contributed by atoms with Crippen LogP contribution in [0.3, 0.4) is 0 Å². The second kappa shape index (κ2) is 10.7. The second-order valence-corrected chi connectivity index (χ2v) is 7.66. The number of alkyl carbamates (subject to hydrolysis) is 1. The van der Waals surface area contributed by atoms with E-state index in [2.05, 4.69) is 24.3 Å². The summed E-state index contributed by atoms with van der Waals surface area (Å²) in [6, 6.07) is 3.92. The van der Waals surface area contributed by atoms with Gasteiger partial charge in [0.2, 0.25) is 5.91 Å². The summed E-state index contributed by atoms with van der Waals surface area (Å²) < 4.78 is 5.22. The Kier molecular flexibility index (Phi) is 9.15. The normalized spacial score (nSPS) is 12.8. The molecule has 0 aliphatic carbocycles. The van der Waals surface area contributed by atoms with Crippen LogP contribution in [0.25, 0.3) is 10.9 Å². The van der Waals surface area contributed by atoms with Gasteiger partial charge in [-0.1, -0.05) is 0 Å². The first-order valence-corrected chi connectivity index (χ1v) is 9.03. The number of nitrogens with one attached hydrogen (secondary N) is 2. The number of benzene rings is 1. The first-order chi connectivity index (χ1) is 13.9. The average Bonchev–Trinajstić information content (AvgIpc) is 3.06. The largest absolute Gasteiger partial charge is 0.505 e. The molecule has 0 aliphatic heterocycles. The van der Waals surface area contributed by atoms with Gasteiger partial charge in [0, 0.05) is 68.4 Å². The first-order valence-electron chi connectivity index (χ1n) is 9.03. The van der Waals surface area contributed by atoms with E-state index in [1.54, 1.807) is 39.1 Å². The van der Waals surface area contributed by atoms with Crippen molar-refractivity contribution in [1.29, 1.82) is 5.26 Å². The van der Waals surface area contributed by atoms with E-state index in [1.807, 2.05) is 0 Å². The van der Waals surface area contributed by atoms with Crippen LogP contribution >= 0.6 is 0 Å². The van der Waals surface area contributed by atoms with E-state index < -0.39 is 34.6 Å². The zero-order valence-corrected chi connectivity index (χ0v) is 20.4. The smallest absolute Gasteiger partial charge is 0.408 e. The van der Waals surface area contributed by atoms with Crippen molar-refractivity contribution in [3.05, 3.63) is 54.0 Å². The summed E-state index contributed by atoms with van der Waals surface area (Å²) in [7, 11) is 3.55. The number of ether oxygens (including phenoxy) is 1. The maximum Gasteiger partial charge on any atom is 0.408 e. The van der Waals surface area contributed by atoms with E-state index in [0.717, 1.165) is 4.90 Å². The van der Waals surface area contributed by atoms with Crippen LogP contribution in [0.1, 0.15) is 26.3 Å². The van der Waals surface area contributed by atoms with Gasteiger partial charge in [-0.05, 0) is 38.4 Å². The quantitative estimate of drug-likeness (QED) is 0.354.